The summed E-state index contributed by atoms with van der Waals surface area (Å²) in [5, 5.41) is 11.7. The van der Waals surface area contributed by atoms with Crippen LogP contribution in [0.5, 0.6) is 11.5 Å². The molecule has 24 heavy (non-hydrogen) atoms. The Bertz CT molecular complexity index is 620. The first-order valence-corrected chi connectivity index (χ1v) is 9.02. The predicted molar refractivity (Wildman–Crippen MR) is 96.7 cm³/mol. The second kappa shape index (κ2) is 6.44. The largest absolute Gasteiger partial charge is 0.497 e. The number of hydrogen-bond donors (Lipinski definition) is 1. The molecular weight excluding hydrogens is 300 g/mol. The van der Waals surface area contributed by atoms with Crippen molar-refractivity contribution < 1.29 is 14.6 Å². The van der Waals surface area contributed by atoms with Crippen molar-refractivity contribution in [1.29, 1.82) is 0 Å². The molecule has 0 amide bonds. The lowest BCUT2D eigenvalue weighted by Gasteiger charge is -2.53. The lowest BCUT2D eigenvalue weighted by molar-refractivity contribution is -0.141. The first-order chi connectivity index (χ1) is 11.4. The van der Waals surface area contributed by atoms with Gasteiger partial charge in [0.1, 0.15) is 11.5 Å². The Kier molecular flexibility index (Phi) is 4.65. The quantitative estimate of drug-likeness (QED) is 0.817. The fourth-order valence-corrected chi connectivity index (χ4v) is 4.83. The molecule has 1 N–H and O–H groups in total. The minimum atomic E-state index is -0.670. The van der Waals surface area contributed by atoms with Crippen LogP contribution in [-0.2, 0) is 0 Å². The maximum atomic E-state index is 11.7. The predicted octanol–water partition coefficient (Wildman–Crippen LogP) is 4.69. The van der Waals surface area contributed by atoms with Crippen LogP contribution >= 0.6 is 0 Å². The Morgan fingerprint density at radius 3 is 2.62 bits per heavy atom. The molecule has 132 valence electrons. The van der Waals surface area contributed by atoms with Crippen LogP contribution in [0.1, 0.15) is 57.4 Å². The van der Waals surface area contributed by atoms with Gasteiger partial charge < -0.3 is 14.6 Å². The van der Waals surface area contributed by atoms with E-state index in [-0.39, 0.29) is 17.3 Å². The van der Waals surface area contributed by atoms with Gasteiger partial charge in [-0.15, -0.1) is 0 Å². The van der Waals surface area contributed by atoms with Crippen molar-refractivity contribution >= 4 is 0 Å². The van der Waals surface area contributed by atoms with Crippen molar-refractivity contribution in [2.24, 2.45) is 11.3 Å². The van der Waals surface area contributed by atoms with Gasteiger partial charge in [0.05, 0.1) is 19.8 Å². The number of ether oxygens (including phenoxy) is 2. The second-order valence-electron chi connectivity index (χ2n) is 7.93. The van der Waals surface area contributed by atoms with E-state index in [9.17, 15) is 5.11 Å². The lowest BCUT2D eigenvalue weighted by Crippen LogP contribution is -2.54. The zero-order valence-corrected chi connectivity index (χ0v) is 15.3. The third-order valence-electron chi connectivity index (χ3n) is 6.41. The second-order valence-corrected chi connectivity index (χ2v) is 7.93. The third kappa shape index (κ3) is 2.73. The molecule has 0 aliphatic heterocycles. The molecule has 3 atom stereocenters. The maximum Gasteiger partial charge on any atom is 0.122 e. The fraction of sp³-hybridized carbons (Fsp3) is 0.619. The zero-order valence-electron chi connectivity index (χ0n) is 15.3. The van der Waals surface area contributed by atoms with Crippen molar-refractivity contribution in [2.45, 2.75) is 57.5 Å². The smallest absolute Gasteiger partial charge is 0.122 e. The Balaban J connectivity index is 2.08. The molecule has 1 fully saturated rings. The van der Waals surface area contributed by atoms with E-state index in [0.717, 1.165) is 42.7 Å². The minimum Gasteiger partial charge on any atom is -0.497 e. The van der Waals surface area contributed by atoms with Crippen LogP contribution in [0.15, 0.2) is 30.4 Å². The van der Waals surface area contributed by atoms with E-state index >= 15 is 0 Å². The Labute approximate surface area is 145 Å². The van der Waals surface area contributed by atoms with Crippen LogP contribution < -0.4 is 9.47 Å². The normalized spacial score (nSPS) is 31.9. The van der Waals surface area contributed by atoms with Crippen LogP contribution in [0, 0.1) is 11.3 Å². The van der Waals surface area contributed by atoms with E-state index in [2.05, 4.69) is 32.1 Å². The molecule has 0 saturated heterocycles. The van der Waals surface area contributed by atoms with Crippen LogP contribution in [0.4, 0.5) is 0 Å². The van der Waals surface area contributed by atoms with Gasteiger partial charge in [0, 0.05) is 5.56 Å². The maximum absolute atomic E-state index is 11.7. The number of methoxy groups -OCH3 is 2. The van der Waals surface area contributed by atoms with Gasteiger partial charge in [-0.1, -0.05) is 32.4 Å². The van der Waals surface area contributed by atoms with Crippen molar-refractivity contribution in [3.63, 3.8) is 0 Å². The summed E-state index contributed by atoms with van der Waals surface area (Å²) in [5.41, 5.74) is 0.413. The van der Waals surface area contributed by atoms with Gasteiger partial charge in [-0.2, -0.15) is 0 Å². The Hall–Kier alpha value is -1.48. The highest BCUT2D eigenvalue weighted by Crippen LogP contribution is 2.56. The highest BCUT2D eigenvalue weighted by atomic mass is 16.5. The van der Waals surface area contributed by atoms with E-state index in [1.807, 2.05) is 12.1 Å². The molecule has 0 aromatic heterocycles. The molecule has 3 heteroatoms. The van der Waals surface area contributed by atoms with Crippen LogP contribution in [-0.4, -0.2) is 24.9 Å². The molecule has 0 spiro atoms. The summed E-state index contributed by atoms with van der Waals surface area (Å²) in [6.45, 7) is 4.44. The number of aliphatic hydroxyl groups is 1. The summed E-state index contributed by atoms with van der Waals surface area (Å²) < 4.78 is 11.1. The standard InChI is InChI=1S/C21H30O3/c1-20(2)12-7-9-18-16(8-5-6-13-21(18,20)22)17-14-15(23-3)10-11-19(17)24-4/h5-6,10-11,14,16,18,22H,7-9,12-13H2,1-4H3/t16-,18-,21+/m1/s1. The number of fused-ring (bicyclic) bond motifs is 1. The number of benzene rings is 1. The van der Waals surface area contributed by atoms with E-state index in [0.29, 0.717) is 0 Å². The molecular formula is C21H30O3. The van der Waals surface area contributed by atoms with Crippen molar-refractivity contribution in [3.05, 3.63) is 35.9 Å². The molecule has 1 saturated carbocycles. The highest BCUT2D eigenvalue weighted by molar-refractivity contribution is 5.44. The summed E-state index contributed by atoms with van der Waals surface area (Å²) in [7, 11) is 3.41. The first kappa shape index (κ1) is 17.3. The number of rotatable bonds is 3. The third-order valence-corrected chi connectivity index (χ3v) is 6.41. The molecule has 0 bridgehead atoms. The van der Waals surface area contributed by atoms with Gasteiger partial charge in [-0.05, 0) is 61.1 Å². The van der Waals surface area contributed by atoms with Gasteiger partial charge in [0.15, 0.2) is 0 Å². The molecule has 2 aliphatic carbocycles. The van der Waals surface area contributed by atoms with Crippen molar-refractivity contribution in [2.75, 3.05) is 14.2 Å². The number of hydrogen-bond acceptors (Lipinski definition) is 3. The average Bonchev–Trinajstić information content (AvgIpc) is 2.75. The molecule has 1 aromatic carbocycles. The van der Waals surface area contributed by atoms with Crippen molar-refractivity contribution in [1.82, 2.24) is 0 Å². The van der Waals surface area contributed by atoms with E-state index in [1.54, 1.807) is 14.2 Å². The monoisotopic (exact) mass is 330 g/mol. The molecule has 3 rings (SSSR count). The molecule has 3 nitrogen and oxygen atoms in total. The molecule has 0 heterocycles. The van der Waals surface area contributed by atoms with Gasteiger partial charge >= 0.3 is 0 Å². The molecule has 1 aromatic rings. The van der Waals surface area contributed by atoms with Gasteiger partial charge in [0.25, 0.3) is 0 Å². The summed E-state index contributed by atoms with van der Waals surface area (Å²) in [6, 6.07) is 6.01. The zero-order chi connectivity index (χ0) is 17.4. The Morgan fingerprint density at radius 1 is 1.12 bits per heavy atom. The molecule has 0 radical (unpaired) electrons. The minimum absolute atomic E-state index is 0.0745. The van der Waals surface area contributed by atoms with E-state index < -0.39 is 5.60 Å². The van der Waals surface area contributed by atoms with Crippen molar-refractivity contribution in [3.8, 4) is 11.5 Å². The molecule has 2 aliphatic rings. The SMILES string of the molecule is COc1ccc(OC)c([C@H]2CC=CC[C@]3(O)[C@@H]2CCCC3(C)C)c1. The summed E-state index contributed by atoms with van der Waals surface area (Å²) >= 11 is 0. The van der Waals surface area contributed by atoms with E-state index in [4.69, 9.17) is 9.47 Å². The fourth-order valence-electron chi connectivity index (χ4n) is 4.83. The van der Waals surface area contributed by atoms with Crippen LogP contribution in [0.25, 0.3) is 0 Å². The van der Waals surface area contributed by atoms with E-state index in [1.165, 1.54) is 6.42 Å². The average molecular weight is 330 g/mol. The Morgan fingerprint density at radius 2 is 1.92 bits per heavy atom. The number of allylic oxidation sites excluding steroid dienone is 1. The summed E-state index contributed by atoms with van der Waals surface area (Å²) in [6.07, 6.45) is 9.40. The first-order valence-electron chi connectivity index (χ1n) is 9.02. The topological polar surface area (TPSA) is 38.7 Å². The molecule has 0 unspecified atom stereocenters. The lowest BCUT2D eigenvalue weighted by atomic mass is 9.55. The van der Waals surface area contributed by atoms with Crippen LogP contribution in [0.3, 0.4) is 0 Å². The summed E-state index contributed by atoms with van der Waals surface area (Å²) in [5.74, 6) is 2.22. The highest BCUT2D eigenvalue weighted by Gasteiger charge is 2.53. The van der Waals surface area contributed by atoms with Gasteiger partial charge in [-0.25, -0.2) is 0 Å². The van der Waals surface area contributed by atoms with Gasteiger partial charge in [-0.3, -0.25) is 0 Å². The van der Waals surface area contributed by atoms with Gasteiger partial charge in [0.2, 0.25) is 0 Å². The summed E-state index contributed by atoms with van der Waals surface area (Å²) in [4.78, 5) is 0. The van der Waals surface area contributed by atoms with Crippen LogP contribution in [0.2, 0.25) is 0 Å².